The summed E-state index contributed by atoms with van der Waals surface area (Å²) in [7, 11) is 2.12. The summed E-state index contributed by atoms with van der Waals surface area (Å²) in [4.78, 5) is 0. The average molecular weight is 463 g/mol. The molecule has 2 heteroatoms. The number of furan rings is 1. The zero-order valence-electron chi connectivity index (χ0n) is 22.4. The molecule has 3 aromatic carbocycles. The normalized spacial score (nSPS) is 16.8. The third-order valence-electron chi connectivity index (χ3n) is 8.63. The van der Waals surface area contributed by atoms with Crippen LogP contribution in [0.4, 0.5) is 0 Å². The molecular weight excluding hydrogens is 426 g/mol. The van der Waals surface area contributed by atoms with Crippen LogP contribution in [0, 0.1) is 20.8 Å². The number of pyridine rings is 1. The first-order valence-electron chi connectivity index (χ1n) is 12.9. The molecular formula is C33H36NO+. The van der Waals surface area contributed by atoms with E-state index in [9.17, 15) is 0 Å². The zero-order valence-corrected chi connectivity index (χ0v) is 22.4. The topological polar surface area (TPSA) is 17.0 Å². The Bertz CT molecular complexity index is 1680. The van der Waals surface area contributed by atoms with Crippen LogP contribution in [0.5, 0.6) is 0 Å². The van der Waals surface area contributed by atoms with Gasteiger partial charge in [0.15, 0.2) is 6.20 Å². The lowest BCUT2D eigenvalue weighted by atomic mass is 9.62. The smallest absolute Gasteiger partial charge is 0.216 e. The maximum absolute atomic E-state index is 7.02. The third kappa shape index (κ3) is 3.12. The van der Waals surface area contributed by atoms with E-state index >= 15 is 0 Å². The van der Waals surface area contributed by atoms with Crippen molar-refractivity contribution >= 4 is 32.7 Å². The van der Waals surface area contributed by atoms with Gasteiger partial charge in [-0.2, -0.15) is 0 Å². The molecule has 0 fully saturated rings. The number of hydrogen-bond acceptors (Lipinski definition) is 1. The average Bonchev–Trinajstić information content (AvgIpc) is 3.18. The lowest BCUT2D eigenvalue weighted by Gasteiger charge is -2.42. The lowest BCUT2D eigenvalue weighted by Crippen LogP contribution is -2.34. The fourth-order valence-electron chi connectivity index (χ4n) is 6.57. The van der Waals surface area contributed by atoms with Crippen LogP contribution in [0.1, 0.15) is 68.4 Å². The first kappa shape index (κ1) is 22.3. The van der Waals surface area contributed by atoms with Crippen LogP contribution < -0.4 is 4.57 Å². The molecule has 0 spiro atoms. The number of aromatic nitrogens is 1. The van der Waals surface area contributed by atoms with E-state index in [-0.39, 0.29) is 10.8 Å². The number of aryl methyl sites for hydroxylation is 4. The summed E-state index contributed by atoms with van der Waals surface area (Å²) in [5.74, 6) is 0. The molecule has 0 unspecified atom stereocenters. The fraction of sp³-hybridized carbons (Fsp3) is 0.364. The van der Waals surface area contributed by atoms with Gasteiger partial charge in [0.05, 0.1) is 5.56 Å². The van der Waals surface area contributed by atoms with Gasteiger partial charge in [0.1, 0.15) is 18.2 Å². The van der Waals surface area contributed by atoms with E-state index in [1.807, 2.05) is 0 Å². The van der Waals surface area contributed by atoms with E-state index in [1.54, 1.807) is 0 Å². The van der Waals surface area contributed by atoms with Crippen molar-refractivity contribution in [2.24, 2.45) is 7.05 Å². The number of hydrogen-bond donors (Lipinski definition) is 0. The molecule has 0 saturated carbocycles. The highest BCUT2D eigenvalue weighted by Crippen LogP contribution is 2.51. The molecule has 0 amide bonds. The number of nitrogens with zero attached hydrogens (tertiary/aromatic N) is 1. The van der Waals surface area contributed by atoms with E-state index in [4.69, 9.17) is 4.42 Å². The van der Waals surface area contributed by atoms with Crippen molar-refractivity contribution in [2.75, 3.05) is 0 Å². The minimum Gasteiger partial charge on any atom is -0.454 e. The molecule has 6 rings (SSSR count). The van der Waals surface area contributed by atoms with Gasteiger partial charge < -0.3 is 4.42 Å². The predicted molar refractivity (Wildman–Crippen MR) is 147 cm³/mol. The van der Waals surface area contributed by atoms with Gasteiger partial charge >= 0.3 is 0 Å². The van der Waals surface area contributed by atoms with E-state index < -0.39 is 0 Å². The molecule has 178 valence electrons. The molecule has 0 atom stereocenters. The zero-order chi connectivity index (χ0) is 24.9. The first-order chi connectivity index (χ1) is 16.5. The van der Waals surface area contributed by atoms with Crippen molar-refractivity contribution in [1.29, 1.82) is 0 Å². The first-order valence-corrected chi connectivity index (χ1v) is 12.9. The van der Waals surface area contributed by atoms with Gasteiger partial charge in [0.2, 0.25) is 5.69 Å². The second-order valence-electron chi connectivity index (χ2n) is 12.2. The molecule has 0 bridgehead atoms. The predicted octanol–water partition coefficient (Wildman–Crippen LogP) is 8.50. The van der Waals surface area contributed by atoms with Crippen LogP contribution in [-0.4, -0.2) is 0 Å². The molecule has 2 heterocycles. The number of fused-ring (bicyclic) bond motifs is 7. The van der Waals surface area contributed by atoms with Gasteiger partial charge in [-0.1, -0.05) is 52.0 Å². The summed E-state index contributed by atoms with van der Waals surface area (Å²) >= 11 is 0. The Morgan fingerprint density at radius 3 is 2.26 bits per heavy atom. The summed E-state index contributed by atoms with van der Waals surface area (Å²) < 4.78 is 9.23. The molecule has 2 nitrogen and oxygen atoms in total. The molecule has 35 heavy (non-hydrogen) atoms. The van der Waals surface area contributed by atoms with Crippen LogP contribution in [0.3, 0.4) is 0 Å². The Balaban J connectivity index is 1.83. The van der Waals surface area contributed by atoms with E-state index in [0.717, 1.165) is 11.2 Å². The maximum Gasteiger partial charge on any atom is 0.216 e. The Kier molecular flexibility index (Phi) is 4.59. The van der Waals surface area contributed by atoms with E-state index in [1.165, 1.54) is 73.5 Å². The standard InChI is InChI=1S/C33H36NO/c1-19-13-16-34(8)25(17-19)27-21(3)18-20(2)26-23-11-9-22-10-12-24-29(28(22)30(23)35-31(26)27)33(6,7)15-14-32(24,4)5/h9-13,16-18H,14-15H2,1-8H3/q+1. The molecule has 2 aromatic heterocycles. The second kappa shape index (κ2) is 7.20. The highest BCUT2D eigenvalue weighted by atomic mass is 16.3. The maximum atomic E-state index is 7.02. The van der Waals surface area contributed by atoms with E-state index in [0.29, 0.717) is 0 Å². The quantitative estimate of drug-likeness (QED) is 0.228. The number of rotatable bonds is 1. The van der Waals surface area contributed by atoms with Crippen molar-refractivity contribution in [3.05, 3.63) is 76.5 Å². The summed E-state index contributed by atoms with van der Waals surface area (Å²) in [6, 6.07) is 16.0. The van der Waals surface area contributed by atoms with Gasteiger partial charge in [-0.3, -0.25) is 0 Å². The van der Waals surface area contributed by atoms with Crippen LogP contribution in [-0.2, 0) is 17.9 Å². The van der Waals surface area contributed by atoms with E-state index in [2.05, 4.69) is 109 Å². The van der Waals surface area contributed by atoms with Gasteiger partial charge in [0, 0.05) is 28.3 Å². The van der Waals surface area contributed by atoms with Crippen molar-refractivity contribution in [2.45, 2.75) is 72.1 Å². The highest BCUT2D eigenvalue weighted by molar-refractivity contribution is 6.19. The SMILES string of the molecule is Cc1cc[n+](C)c(-c2c(C)cc(C)c3c2oc2c3ccc3ccc4c(c32)C(C)(C)CCC4(C)C)c1. The molecule has 5 aromatic rings. The summed E-state index contributed by atoms with van der Waals surface area (Å²) in [6.45, 7) is 16.2. The van der Waals surface area contributed by atoms with Crippen LogP contribution in [0.25, 0.3) is 44.0 Å². The minimum atomic E-state index is 0.106. The Morgan fingerprint density at radius 1 is 0.771 bits per heavy atom. The lowest BCUT2D eigenvalue weighted by molar-refractivity contribution is -0.660. The second-order valence-corrected chi connectivity index (χ2v) is 12.2. The van der Waals surface area contributed by atoms with Crippen molar-refractivity contribution in [1.82, 2.24) is 0 Å². The fourth-order valence-corrected chi connectivity index (χ4v) is 6.57. The van der Waals surface area contributed by atoms with Crippen molar-refractivity contribution < 1.29 is 8.98 Å². The van der Waals surface area contributed by atoms with Gasteiger partial charge in [0.25, 0.3) is 0 Å². The largest absolute Gasteiger partial charge is 0.454 e. The van der Waals surface area contributed by atoms with Gasteiger partial charge in [-0.05, 0) is 83.7 Å². The number of benzene rings is 3. The monoisotopic (exact) mass is 462 g/mol. The van der Waals surface area contributed by atoms with Gasteiger partial charge in [-0.15, -0.1) is 0 Å². The van der Waals surface area contributed by atoms with Crippen LogP contribution >= 0.6 is 0 Å². The van der Waals surface area contributed by atoms with Crippen LogP contribution in [0.2, 0.25) is 0 Å². The summed E-state index contributed by atoms with van der Waals surface area (Å²) in [6.07, 6.45) is 4.54. The highest BCUT2D eigenvalue weighted by Gasteiger charge is 2.39. The molecule has 0 N–H and O–H groups in total. The summed E-state index contributed by atoms with van der Waals surface area (Å²) in [5, 5.41) is 5.06. The summed E-state index contributed by atoms with van der Waals surface area (Å²) in [5.41, 5.74) is 11.5. The van der Waals surface area contributed by atoms with Crippen molar-refractivity contribution in [3.8, 4) is 11.3 Å². The molecule has 1 aliphatic rings. The molecule has 0 aliphatic heterocycles. The Hall–Kier alpha value is -3.13. The van der Waals surface area contributed by atoms with Gasteiger partial charge in [-0.25, -0.2) is 4.57 Å². The Labute approximate surface area is 208 Å². The van der Waals surface area contributed by atoms with Crippen molar-refractivity contribution in [3.63, 3.8) is 0 Å². The third-order valence-corrected chi connectivity index (χ3v) is 8.63. The molecule has 0 radical (unpaired) electrons. The molecule has 0 saturated heterocycles. The molecule has 1 aliphatic carbocycles. The Morgan fingerprint density at radius 2 is 1.49 bits per heavy atom. The van der Waals surface area contributed by atoms with Crippen LogP contribution in [0.15, 0.2) is 53.1 Å². The minimum absolute atomic E-state index is 0.106.